The van der Waals surface area contributed by atoms with E-state index < -0.39 is 0 Å². The largest absolute Gasteiger partial charge is 0.494 e. The Bertz CT molecular complexity index is 1310. The molecule has 0 aromatic heterocycles. The number of Topliss-reactive ketones (excluding diaryl/α,β-unsaturated/α-hetero) is 2. The van der Waals surface area contributed by atoms with E-state index in [-0.39, 0.29) is 24.8 Å². The van der Waals surface area contributed by atoms with Crippen LogP contribution in [0.2, 0.25) is 0 Å². The summed E-state index contributed by atoms with van der Waals surface area (Å²) in [5.41, 5.74) is 5.56. The SMILES string of the molecule is CCCOCC(=O)c1ccc(-c2ccc(OCCCCOc3ccc(-c4ccc(C(=O)COCCC)cc4)cc3)cc2)cc1. The van der Waals surface area contributed by atoms with Gasteiger partial charge < -0.3 is 18.9 Å². The average molecular weight is 595 g/mol. The molecule has 0 saturated carbocycles. The van der Waals surface area contributed by atoms with Crippen molar-refractivity contribution in [1.29, 1.82) is 0 Å². The molecule has 0 aliphatic rings. The van der Waals surface area contributed by atoms with Crippen LogP contribution < -0.4 is 9.47 Å². The van der Waals surface area contributed by atoms with E-state index in [0.29, 0.717) is 37.6 Å². The standard InChI is InChI=1S/C38H42O6/c1-3-23-41-27-37(39)33-11-7-29(8-12-33)31-15-19-35(20-16-31)43-25-5-6-26-44-36-21-17-32(18-22-36)30-9-13-34(14-10-30)38(40)28-42-24-4-2/h7-22H,3-6,23-28H2,1-2H3. The first-order chi connectivity index (χ1) is 21.6. The molecule has 0 amide bonds. The summed E-state index contributed by atoms with van der Waals surface area (Å²) in [6.45, 7) is 6.71. The number of hydrogen-bond donors (Lipinski definition) is 0. The van der Waals surface area contributed by atoms with Crippen molar-refractivity contribution < 1.29 is 28.5 Å². The normalized spacial score (nSPS) is 10.9. The lowest BCUT2D eigenvalue weighted by molar-refractivity contribution is 0.0757. The van der Waals surface area contributed by atoms with Crippen LogP contribution in [0.3, 0.4) is 0 Å². The molecule has 0 fully saturated rings. The molecular formula is C38H42O6. The van der Waals surface area contributed by atoms with E-state index in [2.05, 4.69) is 0 Å². The molecular weight excluding hydrogens is 552 g/mol. The highest BCUT2D eigenvalue weighted by molar-refractivity contribution is 5.98. The second kappa shape index (κ2) is 17.8. The Kier molecular flexibility index (Phi) is 13.2. The van der Waals surface area contributed by atoms with Crippen molar-refractivity contribution in [3.63, 3.8) is 0 Å². The van der Waals surface area contributed by atoms with Gasteiger partial charge in [0.2, 0.25) is 0 Å². The van der Waals surface area contributed by atoms with Crippen molar-refractivity contribution in [2.24, 2.45) is 0 Å². The maximum atomic E-state index is 12.2. The lowest BCUT2D eigenvalue weighted by Crippen LogP contribution is -2.09. The summed E-state index contributed by atoms with van der Waals surface area (Å²) in [5.74, 6) is 1.65. The molecule has 0 N–H and O–H groups in total. The van der Waals surface area contributed by atoms with Crippen LogP contribution in [0.25, 0.3) is 22.3 Å². The Balaban J connectivity index is 1.13. The van der Waals surface area contributed by atoms with Crippen LogP contribution >= 0.6 is 0 Å². The van der Waals surface area contributed by atoms with E-state index in [0.717, 1.165) is 59.4 Å². The predicted molar refractivity (Wildman–Crippen MR) is 175 cm³/mol. The van der Waals surface area contributed by atoms with Gasteiger partial charge in [-0.3, -0.25) is 9.59 Å². The summed E-state index contributed by atoms with van der Waals surface area (Å²) in [5, 5.41) is 0. The second-order valence-electron chi connectivity index (χ2n) is 10.6. The number of ketones is 2. The van der Waals surface area contributed by atoms with Gasteiger partial charge in [0.1, 0.15) is 24.7 Å². The van der Waals surface area contributed by atoms with Gasteiger partial charge in [-0.25, -0.2) is 0 Å². The Hall–Kier alpha value is -4.26. The number of carbonyl (C=O) groups excluding carboxylic acids is 2. The van der Waals surface area contributed by atoms with Crippen LogP contribution in [-0.2, 0) is 9.47 Å². The van der Waals surface area contributed by atoms with Gasteiger partial charge in [-0.15, -0.1) is 0 Å². The second-order valence-corrected chi connectivity index (χ2v) is 10.6. The highest BCUT2D eigenvalue weighted by Crippen LogP contribution is 2.25. The minimum absolute atomic E-state index is 0.000940. The first-order valence-electron chi connectivity index (χ1n) is 15.5. The summed E-state index contributed by atoms with van der Waals surface area (Å²) in [4.78, 5) is 24.4. The molecule has 0 radical (unpaired) electrons. The van der Waals surface area contributed by atoms with Crippen LogP contribution in [0.15, 0.2) is 97.1 Å². The predicted octanol–water partition coefficient (Wildman–Crippen LogP) is 8.48. The van der Waals surface area contributed by atoms with Gasteiger partial charge in [-0.05, 0) is 72.2 Å². The number of ether oxygens (including phenoxy) is 4. The van der Waals surface area contributed by atoms with E-state index in [9.17, 15) is 9.59 Å². The van der Waals surface area contributed by atoms with Crippen LogP contribution in [0.4, 0.5) is 0 Å². The Morgan fingerprint density at radius 1 is 0.455 bits per heavy atom. The first-order valence-corrected chi connectivity index (χ1v) is 15.5. The summed E-state index contributed by atoms with van der Waals surface area (Å²) in [6, 6.07) is 31.2. The summed E-state index contributed by atoms with van der Waals surface area (Å²) >= 11 is 0. The molecule has 0 saturated heterocycles. The quantitative estimate of drug-likeness (QED) is 0.0801. The van der Waals surface area contributed by atoms with Gasteiger partial charge in [-0.2, -0.15) is 0 Å². The van der Waals surface area contributed by atoms with Crippen molar-refractivity contribution in [3.05, 3.63) is 108 Å². The molecule has 0 heterocycles. The average Bonchev–Trinajstić information content (AvgIpc) is 3.07. The molecule has 6 heteroatoms. The zero-order valence-corrected chi connectivity index (χ0v) is 25.8. The van der Waals surface area contributed by atoms with Gasteiger partial charge in [-0.1, -0.05) is 86.6 Å². The fourth-order valence-corrected chi connectivity index (χ4v) is 4.55. The molecule has 4 aromatic carbocycles. The monoisotopic (exact) mass is 594 g/mol. The van der Waals surface area contributed by atoms with Crippen molar-refractivity contribution >= 4 is 11.6 Å². The van der Waals surface area contributed by atoms with E-state index >= 15 is 0 Å². The van der Waals surface area contributed by atoms with Crippen molar-refractivity contribution in [3.8, 4) is 33.8 Å². The lowest BCUT2D eigenvalue weighted by Gasteiger charge is -2.10. The highest BCUT2D eigenvalue weighted by atomic mass is 16.5. The van der Waals surface area contributed by atoms with Gasteiger partial charge >= 0.3 is 0 Å². The molecule has 44 heavy (non-hydrogen) atoms. The lowest BCUT2D eigenvalue weighted by atomic mass is 10.0. The molecule has 230 valence electrons. The number of hydrogen-bond acceptors (Lipinski definition) is 6. The zero-order valence-electron chi connectivity index (χ0n) is 25.8. The third-order valence-electron chi connectivity index (χ3n) is 7.03. The van der Waals surface area contributed by atoms with E-state index in [4.69, 9.17) is 18.9 Å². The molecule has 0 spiro atoms. The minimum atomic E-state index is -0.000940. The molecule has 0 bridgehead atoms. The molecule has 0 unspecified atom stereocenters. The number of benzene rings is 4. The van der Waals surface area contributed by atoms with Crippen molar-refractivity contribution in [2.75, 3.05) is 39.6 Å². The highest BCUT2D eigenvalue weighted by Gasteiger charge is 2.08. The number of rotatable bonds is 19. The smallest absolute Gasteiger partial charge is 0.188 e. The summed E-state index contributed by atoms with van der Waals surface area (Å²) in [7, 11) is 0. The van der Waals surface area contributed by atoms with Crippen LogP contribution in [-0.4, -0.2) is 51.2 Å². The fourth-order valence-electron chi connectivity index (χ4n) is 4.55. The molecule has 0 aliphatic carbocycles. The van der Waals surface area contributed by atoms with Gasteiger partial charge in [0.05, 0.1) is 13.2 Å². The summed E-state index contributed by atoms with van der Waals surface area (Å²) in [6.07, 6.45) is 3.56. The Labute approximate surface area is 260 Å². The van der Waals surface area contributed by atoms with Crippen LogP contribution in [0, 0.1) is 0 Å². The maximum absolute atomic E-state index is 12.2. The topological polar surface area (TPSA) is 71.1 Å². The van der Waals surface area contributed by atoms with Gasteiger partial charge in [0.25, 0.3) is 0 Å². The molecule has 0 atom stereocenters. The summed E-state index contributed by atoms with van der Waals surface area (Å²) < 4.78 is 22.5. The fraction of sp³-hybridized carbons (Fsp3) is 0.316. The molecule has 4 aromatic rings. The van der Waals surface area contributed by atoms with E-state index in [1.165, 1.54) is 0 Å². The first kappa shape index (κ1) is 32.6. The molecule has 0 aliphatic heterocycles. The Morgan fingerprint density at radius 2 is 0.773 bits per heavy atom. The van der Waals surface area contributed by atoms with Crippen molar-refractivity contribution in [2.45, 2.75) is 39.5 Å². The van der Waals surface area contributed by atoms with Gasteiger partial charge in [0, 0.05) is 24.3 Å². The van der Waals surface area contributed by atoms with E-state index in [1.54, 1.807) is 0 Å². The van der Waals surface area contributed by atoms with E-state index in [1.807, 2.05) is 111 Å². The number of unbranched alkanes of at least 4 members (excludes halogenated alkanes) is 1. The third-order valence-corrected chi connectivity index (χ3v) is 7.03. The minimum Gasteiger partial charge on any atom is -0.494 e. The van der Waals surface area contributed by atoms with Crippen molar-refractivity contribution in [1.82, 2.24) is 0 Å². The van der Waals surface area contributed by atoms with Crippen LogP contribution in [0.5, 0.6) is 11.5 Å². The van der Waals surface area contributed by atoms with Gasteiger partial charge in [0.15, 0.2) is 11.6 Å². The Morgan fingerprint density at radius 3 is 1.09 bits per heavy atom. The maximum Gasteiger partial charge on any atom is 0.188 e. The molecule has 6 nitrogen and oxygen atoms in total. The third kappa shape index (κ3) is 10.2. The number of carbonyl (C=O) groups is 2. The van der Waals surface area contributed by atoms with Crippen LogP contribution in [0.1, 0.15) is 60.2 Å². The molecule has 4 rings (SSSR count). The zero-order chi connectivity index (χ0) is 31.0.